The number of alkyl carbamates (subject to hydrolysis) is 4. The van der Waals surface area contributed by atoms with Crippen molar-refractivity contribution in [3.05, 3.63) is 38.0 Å². The lowest BCUT2D eigenvalue weighted by atomic mass is 10.0. The van der Waals surface area contributed by atoms with Crippen LogP contribution in [0.25, 0.3) is 0 Å². The highest BCUT2D eigenvalue weighted by Crippen LogP contribution is 2.19. The summed E-state index contributed by atoms with van der Waals surface area (Å²) in [6, 6.07) is -4.09. The normalized spacial score (nSPS) is 11.8. The first-order valence-electron chi connectivity index (χ1n) is 48.9. The van der Waals surface area contributed by atoms with Gasteiger partial charge < -0.3 is 108 Å². The summed E-state index contributed by atoms with van der Waals surface area (Å²) in [5, 5.41) is 92.5. The van der Waals surface area contributed by atoms with Gasteiger partial charge in [0.15, 0.2) is 6.10 Å². The van der Waals surface area contributed by atoms with Gasteiger partial charge in [-0.1, -0.05) is 213 Å². The van der Waals surface area contributed by atoms with Crippen molar-refractivity contribution in [1.82, 2.24) is 52.3 Å². The van der Waals surface area contributed by atoms with Crippen LogP contribution in [0.4, 0.5) is 23.9 Å². The summed E-state index contributed by atoms with van der Waals surface area (Å²) in [4.78, 5) is 196. The Kier molecular flexibility index (Phi) is 94.8. The summed E-state index contributed by atoms with van der Waals surface area (Å²) in [7, 11) is 0. The molecule has 0 saturated heterocycles. The maximum Gasteiger partial charge on any atom is 0.408 e. The van der Waals surface area contributed by atoms with Gasteiger partial charge in [-0.05, 0) is 142 Å². The van der Waals surface area contributed by atoms with Gasteiger partial charge in [0.2, 0.25) is 28.9 Å². The Morgan fingerprint density at radius 1 is 0.367 bits per heavy atom. The van der Waals surface area contributed by atoms with E-state index in [4.69, 9.17) is 66.9 Å². The first-order valence-corrected chi connectivity index (χ1v) is 50.4. The zero-order valence-electron chi connectivity index (χ0n) is 84.1. The Bertz CT molecular complexity index is 3380. The minimum atomic E-state index is -1.20. The van der Waals surface area contributed by atoms with Gasteiger partial charge in [-0.15, -0.1) is 0 Å². The van der Waals surface area contributed by atoms with E-state index in [1.807, 2.05) is 0 Å². The van der Waals surface area contributed by atoms with Gasteiger partial charge in [0.05, 0.1) is 32.2 Å². The molecular weight excluding hydrogens is 1860 g/mol. The summed E-state index contributed by atoms with van der Waals surface area (Å²) in [6.45, 7) is 25.8. The predicted molar refractivity (Wildman–Crippen MR) is 533 cm³/mol. The average molecular weight is 2030 g/mol. The molecule has 806 valence electrons. The summed E-state index contributed by atoms with van der Waals surface area (Å²) in [5.41, 5.74) is 3.95. The van der Waals surface area contributed by atoms with Crippen molar-refractivity contribution in [2.24, 2.45) is 5.73 Å². The number of rotatable bonds is 81. The zero-order chi connectivity index (χ0) is 105. The number of nitrogens with two attached hydrogens (primary N) is 1. The van der Waals surface area contributed by atoms with Crippen molar-refractivity contribution < 1.29 is 146 Å². The van der Waals surface area contributed by atoms with Gasteiger partial charge in [0.25, 0.3) is 0 Å². The number of nitrogens with one attached hydrogen (secondary N) is 8. The van der Waals surface area contributed by atoms with E-state index in [9.17, 15) is 91.7 Å². The first-order chi connectivity index (χ1) is 65.3. The second-order valence-electron chi connectivity index (χ2n) is 34.9. The highest BCUT2D eigenvalue weighted by atomic mass is 35.5. The number of thioether (sulfide) groups is 1. The topological polar surface area (TPSA) is 618 Å². The van der Waals surface area contributed by atoms with Crippen molar-refractivity contribution in [3.8, 4) is 0 Å². The largest absolute Gasteiger partial charge is 0.481 e. The third kappa shape index (κ3) is 102. The molecule has 0 aliphatic heterocycles. The van der Waals surface area contributed by atoms with Gasteiger partial charge in [-0.25, -0.2) is 28.8 Å². The fourth-order valence-electron chi connectivity index (χ4n) is 12.9. The van der Waals surface area contributed by atoms with E-state index < -0.39 is 119 Å². The average Bonchev–Trinajstić information content (AvgIpc) is 0.912. The van der Waals surface area contributed by atoms with Crippen LogP contribution in [0.2, 0.25) is 0 Å². The van der Waals surface area contributed by atoms with E-state index in [1.54, 1.807) is 41.5 Å². The molecule has 0 aliphatic rings. The molecule has 0 saturated carbocycles. The Hall–Kier alpha value is -9.94. The SMILES string of the molecule is C=CC(=O)Cl.C=CC(=O)NCCCC(C(=O)O)N(CCC(=O)O)CCC(=O)O.C=CC(=O)NCCCC(NC(=O)OC(C)(C)C)C(=O)O.CC(C)(C)OC(=O)NC(CCCN)C(=O)O.CCCCCCCCCCCCCCCCCNC(=O)OCC(CNC(=O)CCSCCC(=O)NCCCC(C(=O)O)N(CCC(=O)O)CCC(=O)O)OC(=O)NCCCCCCCCCCCCCCCCC.F. The fraction of sp³-hybridized carbons (Fsp3) is 0.760. The number of amides is 8. The number of allylic oxidation sites excluding steroid dienone is 1. The second-order valence-corrected chi connectivity index (χ2v) is 36.5. The van der Waals surface area contributed by atoms with Gasteiger partial charge in [-0.3, -0.25) is 67.2 Å². The monoisotopic (exact) mass is 2030 g/mol. The van der Waals surface area contributed by atoms with Crippen molar-refractivity contribution in [3.63, 3.8) is 0 Å². The number of ether oxygens (including phenoxy) is 4. The molecule has 0 aromatic heterocycles. The van der Waals surface area contributed by atoms with Crippen LogP contribution in [0.3, 0.4) is 0 Å². The number of hydrogen-bond acceptors (Lipinski definition) is 25. The summed E-state index contributed by atoms with van der Waals surface area (Å²) >= 11 is 6.11. The summed E-state index contributed by atoms with van der Waals surface area (Å²) < 4.78 is 21.0. The van der Waals surface area contributed by atoms with Crippen LogP contribution in [0, 0.1) is 0 Å². The number of unbranched alkanes of at least 4 members (excludes halogenated alkanes) is 28. The quantitative estimate of drug-likeness (QED) is 0.0116. The van der Waals surface area contributed by atoms with Crippen LogP contribution in [0.1, 0.15) is 338 Å². The lowest BCUT2D eigenvalue weighted by molar-refractivity contribution is -0.146. The van der Waals surface area contributed by atoms with Crippen molar-refractivity contribution >= 4 is 124 Å². The van der Waals surface area contributed by atoms with Crippen molar-refractivity contribution in [2.45, 2.75) is 379 Å². The molecule has 0 fully saturated rings. The molecule has 43 heteroatoms. The molecule has 0 bridgehead atoms. The minimum absolute atomic E-state index is 0. The molecule has 8 amide bonds. The molecule has 0 spiro atoms. The minimum Gasteiger partial charge on any atom is -0.481 e. The standard InChI is InChI=1S/C56H105N5O12S.C14H22N2O7.C13H22N2O5.C10H20N2O4.C3H3ClO.FH/c1-3-5-7-9-11-13-15-17-19-21-23-25-27-29-31-39-58-55(70)72-47-48(73-56(71)59-40-32-30-28-26-24-22-20-18-16-14-12-10-8-6-4-2)46-60-51(63)38-45-74-44-37-50(62)57-41-33-34-49(54(68)69)61(42-35-52(64)65)43-36-53(66)67;1-2-11(17)15-7-3-4-10(14(22)23)16(8-5-12(18)19)9-6-13(20)21;1-5-10(16)14-8-6-7-9(11(17)18)15-12(19)20-13(2,3)4;1-10(2,3)16-9(15)12-7(8(13)14)5-4-6-11;1-2-3(4)5;/h48-49H,3-47H2,1-2H3,(H,57,62)(H,58,70)(H,59,71)(H,60,63)(H,64,65)(H,66,67)(H,68,69);2,10H,1,3-9H2,(H,15,17)(H,18,19)(H,20,21)(H,22,23);5,9H,1,6-8H2,2-4H3,(H,14,16)(H,15,19)(H,17,18);7H,4-6,11H2,1-3H3,(H,12,15)(H,13,14);2H,1H2;1H. The number of nitrogens with zero attached hydrogens (tertiary/aromatic N) is 2. The zero-order valence-corrected chi connectivity index (χ0v) is 85.6. The smallest absolute Gasteiger partial charge is 0.408 e. The van der Waals surface area contributed by atoms with Gasteiger partial charge in [0, 0.05) is 83.3 Å². The number of carbonyl (C=O) groups excluding carboxylic acids is 9. The number of carboxylic acids is 8. The molecule has 5 unspecified atom stereocenters. The molecule has 5 atom stereocenters. The molecule has 0 heterocycles. The van der Waals surface area contributed by atoms with Crippen LogP contribution in [0.15, 0.2) is 38.0 Å². The maximum absolute atomic E-state index is 12.8. The van der Waals surface area contributed by atoms with Crippen LogP contribution in [-0.4, -0.2) is 283 Å². The summed E-state index contributed by atoms with van der Waals surface area (Å²) in [6.07, 6.45) is 38.7. The van der Waals surface area contributed by atoms with E-state index in [0.717, 1.165) is 56.8 Å². The number of carbonyl (C=O) groups is 17. The number of aliphatic carboxylic acids is 8. The van der Waals surface area contributed by atoms with E-state index in [0.29, 0.717) is 63.4 Å². The molecule has 0 radical (unpaired) electrons. The molecule has 139 heavy (non-hydrogen) atoms. The lowest BCUT2D eigenvalue weighted by Crippen LogP contribution is -2.43. The molecule has 18 N–H and O–H groups in total. The molecule has 0 aromatic carbocycles. The Balaban J connectivity index is -0.000000540. The fourth-order valence-corrected chi connectivity index (χ4v) is 13.8. The van der Waals surface area contributed by atoms with Crippen LogP contribution >= 0.6 is 23.4 Å². The van der Waals surface area contributed by atoms with E-state index in [1.165, 1.54) is 176 Å². The number of halogens is 2. The third-order valence-corrected chi connectivity index (χ3v) is 21.4. The molecule has 0 aliphatic carbocycles. The Morgan fingerprint density at radius 2 is 0.655 bits per heavy atom. The first kappa shape index (κ1) is 140. The number of carboxylic acid groups (broad SMARTS) is 8. The molecular formula is C96H173ClFN11O29S. The van der Waals surface area contributed by atoms with Crippen LogP contribution in [0.5, 0.6) is 0 Å². The molecule has 0 rings (SSSR count). The van der Waals surface area contributed by atoms with Gasteiger partial charge in [-0.2, -0.15) is 11.8 Å². The number of hydrogen-bond donors (Lipinski definition) is 17. The Labute approximate surface area is 831 Å². The second kappa shape index (κ2) is 94.3. The van der Waals surface area contributed by atoms with E-state index >= 15 is 0 Å². The molecule has 0 aromatic rings. The van der Waals surface area contributed by atoms with Crippen LogP contribution in [-0.2, 0) is 81.3 Å². The van der Waals surface area contributed by atoms with Crippen molar-refractivity contribution in [1.29, 1.82) is 0 Å². The van der Waals surface area contributed by atoms with E-state index in [-0.39, 0.29) is 145 Å². The van der Waals surface area contributed by atoms with Crippen molar-refractivity contribution in [2.75, 3.05) is 90.1 Å². The molecule has 40 nitrogen and oxygen atoms in total. The van der Waals surface area contributed by atoms with Crippen LogP contribution < -0.4 is 48.3 Å². The highest BCUT2D eigenvalue weighted by Gasteiger charge is 2.30. The summed E-state index contributed by atoms with van der Waals surface area (Å²) in [5.74, 6) is -9.39. The lowest BCUT2D eigenvalue weighted by Gasteiger charge is -2.28. The van der Waals surface area contributed by atoms with Gasteiger partial charge >= 0.3 is 72.1 Å². The predicted octanol–water partition coefficient (Wildman–Crippen LogP) is 14.4. The highest BCUT2D eigenvalue weighted by molar-refractivity contribution is 7.99. The third-order valence-electron chi connectivity index (χ3n) is 20.3. The van der Waals surface area contributed by atoms with Gasteiger partial charge in [0.1, 0.15) is 42.0 Å². The maximum atomic E-state index is 12.8. The Morgan fingerprint density at radius 3 is 0.942 bits per heavy atom. The van der Waals surface area contributed by atoms with E-state index in [2.05, 4.69) is 76.1 Å².